The van der Waals surface area contributed by atoms with E-state index in [0.717, 1.165) is 4.90 Å². The van der Waals surface area contributed by atoms with Gasteiger partial charge in [0, 0.05) is 0 Å². The molecule has 0 unspecified atom stereocenters. The van der Waals surface area contributed by atoms with Crippen LogP contribution in [0.1, 0.15) is 29.9 Å². The summed E-state index contributed by atoms with van der Waals surface area (Å²) in [5.41, 5.74) is 0.515. The van der Waals surface area contributed by atoms with Crippen molar-refractivity contribution in [3.8, 4) is 0 Å². The Labute approximate surface area is 131 Å². The van der Waals surface area contributed by atoms with E-state index in [0.29, 0.717) is 5.69 Å². The van der Waals surface area contributed by atoms with Crippen molar-refractivity contribution in [2.24, 2.45) is 0 Å². The summed E-state index contributed by atoms with van der Waals surface area (Å²) >= 11 is 0. The highest BCUT2D eigenvalue weighted by atomic mass is 16.5. The van der Waals surface area contributed by atoms with Gasteiger partial charge in [0.2, 0.25) is 5.91 Å². The molecule has 2 amide bonds. The van der Waals surface area contributed by atoms with Crippen LogP contribution >= 0.6 is 0 Å². The number of anilines is 1. The molecule has 0 saturated carbocycles. The average molecular weight is 314 g/mol. The number of carbonyl (C=O) groups is 3. The second-order valence-corrected chi connectivity index (χ2v) is 4.93. The molecule has 0 radical (unpaired) electrons. The highest BCUT2D eigenvalue weighted by Crippen LogP contribution is 2.28. The molecule has 0 N–H and O–H groups in total. The number of ether oxygens (including phenoxy) is 1. The fourth-order valence-electron chi connectivity index (χ4n) is 2.40. The molecule has 1 fully saturated rings. The fraction of sp³-hybridized carbons (Fsp3) is 0.267. The van der Waals surface area contributed by atoms with Gasteiger partial charge in [0.25, 0.3) is 5.91 Å². The van der Waals surface area contributed by atoms with Gasteiger partial charge in [0.05, 0.1) is 24.9 Å². The first-order valence-corrected chi connectivity index (χ1v) is 7.12. The maximum absolute atomic E-state index is 12.5. The normalized spacial score (nSPS) is 17.6. The van der Waals surface area contributed by atoms with E-state index in [9.17, 15) is 14.4 Å². The van der Waals surface area contributed by atoms with Gasteiger partial charge in [-0.2, -0.15) is 0 Å². The van der Waals surface area contributed by atoms with Gasteiger partial charge >= 0.3 is 5.97 Å². The molecule has 1 aliphatic rings. The van der Waals surface area contributed by atoms with Crippen LogP contribution in [0, 0.1) is 0 Å². The van der Waals surface area contributed by atoms with E-state index in [2.05, 4.69) is 10.3 Å². The number of carbonyl (C=O) groups excluding carboxylic acids is 3. The van der Waals surface area contributed by atoms with Crippen LogP contribution in [0.4, 0.5) is 5.69 Å². The number of imide groups is 1. The van der Waals surface area contributed by atoms with Crippen LogP contribution in [-0.2, 0) is 14.3 Å². The third kappa shape index (κ3) is 2.70. The number of esters is 1. The molecule has 118 valence electrons. The van der Waals surface area contributed by atoms with Gasteiger partial charge in [-0.3, -0.25) is 9.59 Å². The summed E-state index contributed by atoms with van der Waals surface area (Å²) in [6, 6.07) is 7.86. The van der Waals surface area contributed by atoms with Crippen molar-refractivity contribution in [1.82, 2.24) is 15.0 Å². The maximum Gasteiger partial charge on any atom is 0.360 e. The van der Waals surface area contributed by atoms with Crippen molar-refractivity contribution < 1.29 is 19.1 Å². The Morgan fingerprint density at radius 1 is 1.30 bits per heavy atom. The lowest BCUT2D eigenvalue weighted by Crippen LogP contribution is -2.31. The Morgan fingerprint density at radius 3 is 2.74 bits per heavy atom. The van der Waals surface area contributed by atoms with E-state index >= 15 is 0 Å². The first-order valence-electron chi connectivity index (χ1n) is 7.12. The van der Waals surface area contributed by atoms with Crippen molar-refractivity contribution >= 4 is 23.5 Å². The van der Waals surface area contributed by atoms with Crippen LogP contribution in [0.5, 0.6) is 0 Å². The van der Waals surface area contributed by atoms with E-state index < -0.39 is 17.9 Å². The molecule has 1 aliphatic heterocycles. The molecule has 1 atom stereocenters. The maximum atomic E-state index is 12.5. The van der Waals surface area contributed by atoms with E-state index in [1.807, 2.05) is 0 Å². The number of amides is 2. The quantitative estimate of drug-likeness (QED) is 0.616. The van der Waals surface area contributed by atoms with E-state index in [1.54, 1.807) is 37.3 Å². The zero-order valence-electron chi connectivity index (χ0n) is 12.4. The summed E-state index contributed by atoms with van der Waals surface area (Å²) in [5.74, 6) is -1.34. The number of nitrogens with zero attached hydrogens (tertiary/aromatic N) is 4. The minimum Gasteiger partial charge on any atom is -0.461 e. The summed E-state index contributed by atoms with van der Waals surface area (Å²) in [7, 11) is 0. The monoisotopic (exact) mass is 314 g/mol. The smallest absolute Gasteiger partial charge is 0.360 e. The minimum absolute atomic E-state index is 0.00487. The number of hydrogen-bond acceptors (Lipinski definition) is 6. The first-order chi connectivity index (χ1) is 11.1. The number of aromatic nitrogens is 3. The lowest BCUT2D eigenvalue weighted by molar-refractivity contribution is -0.122. The molecule has 1 aromatic heterocycles. The van der Waals surface area contributed by atoms with Gasteiger partial charge in [-0.1, -0.05) is 23.4 Å². The second kappa shape index (κ2) is 5.99. The number of para-hydroxylation sites is 1. The van der Waals surface area contributed by atoms with Gasteiger partial charge in [-0.05, 0) is 19.1 Å². The molecule has 3 rings (SSSR count). The number of benzene rings is 1. The molecule has 1 saturated heterocycles. The van der Waals surface area contributed by atoms with Gasteiger partial charge in [-0.25, -0.2) is 14.4 Å². The lowest BCUT2D eigenvalue weighted by Gasteiger charge is -2.14. The molecule has 8 nitrogen and oxygen atoms in total. The molecule has 2 aromatic rings. The second-order valence-electron chi connectivity index (χ2n) is 4.93. The van der Waals surface area contributed by atoms with Crippen molar-refractivity contribution in [2.45, 2.75) is 19.4 Å². The van der Waals surface area contributed by atoms with Gasteiger partial charge < -0.3 is 4.74 Å². The molecular formula is C15H14N4O4. The van der Waals surface area contributed by atoms with E-state index in [4.69, 9.17) is 4.74 Å². The fourth-order valence-corrected chi connectivity index (χ4v) is 2.40. The predicted octanol–water partition coefficient (Wildman–Crippen LogP) is 0.959. The van der Waals surface area contributed by atoms with Crippen LogP contribution < -0.4 is 4.90 Å². The zero-order chi connectivity index (χ0) is 16.4. The average Bonchev–Trinajstić information content (AvgIpc) is 3.13. The Hall–Kier alpha value is -3.03. The number of hydrogen-bond donors (Lipinski definition) is 0. The molecule has 23 heavy (non-hydrogen) atoms. The molecule has 0 bridgehead atoms. The molecule has 0 spiro atoms. The van der Waals surface area contributed by atoms with Crippen LogP contribution in [-0.4, -0.2) is 39.4 Å². The van der Waals surface area contributed by atoms with Crippen LogP contribution in [0.15, 0.2) is 36.5 Å². The van der Waals surface area contributed by atoms with E-state index in [-0.39, 0.29) is 24.6 Å². The molecule has 8 heteroatoms. The van der Waals surface area contributed by atoms with Crippen LogP contribution in [0.3, 0.4) is 0 Å². The van der Waals surface area contributed by atoms with Crippen molar-refractivity contribution in [1.29, 1.82) is 0 Å². The van der Waals surface area contributed by atoms with Crippen molar-refractivity contribution in [3.63, 3.8) is 0 Å². The first kappa shape index (κ1) is 14.9. The lowest BCUT2D eigenvalue weighted by atomic mass is 10.2. The summed E-state index contributed by atoms with van der Waals surface area (Å²) < 4.78 is 6.06. The Balaban J connectivity index is 1.84. The van der Waals surface area contributed by atoms with Gasteiger partial charge in [0.1, 0.15) is 6.04 Å². The Morgan fingerprint density at radius 2 is 2.04 bits per heavy atom. The third-order valence-electron chi connectivity index (χ3n) is 3.45. The summed E-state index contributed by atoms with van der Waals surface area (Å²) in [6.07, 6.45) is 1.29. The van der Waals surface area contributed by atoms with Gasteiger partial charge in [-0.15, -0.1) is 5.10 Å². The zero-order valence-corrected chi connectivity index (χ0v) is 12.4. The SMILES string of the molecule is CCOC(=O)c1cn([C@H]2CC(=O)N(c3ccccc3)C2=O)nn1. The Bertz CT molecular complexity index is 756. The largest absolute Gasteiger partial charge is 0.461 e. The highest BCUT2D eigenvalue weighted by molar-refractivity contribution is 6.21. The van der Waals surface area contributed by atoms with Crippen molar-refractivity contribution in [3.05, 3.63) is 42.2 Å². The van der Waals surface area contributed by atoms with Crippen LogP contribution in [0.2, 0.25) is 0 Å². The standard InChI is InChI=1S/C15H14N4O4/c1-2-23-15(22)11-9-18(17-16-11)12-8-13(20)19(14(12)21)10-6-4-3-5-7-10/h3-7,9,12H,2,8H2,1H3/t12-/m0/s1. The molecule has 2 heterocycles. The van der Waals surface area contributed by atoms with Gasteiger partial charge in [0.15, 0.2) is 5.69 Å². The molecule has 0 aliphatic carbocycles. The molecule has 1 aromatic carbocycles. The summed E-state index contributed by atoms with van der Waals surface area (Å²) in [5, 5.41) is 7.47. The van der Waals surface area contributed by atoms with Crippen LogP contribution in [0.25, 0.3) is 0 Å². The van der Waals surface area contributed by atoms with Crippen molar-refractivity contribution in [2.75, 3.05) is 11.5 Å². The summed E-state index contributed by atoms with van der Waals surface area (Å²) in [4.78, 5) is 37.4. The third-order valence-corrected chi connectivity index (χ3v) is 3.45. The predicted molar refractivity (Wildman–Crippen MR) is 78.6 cm³/mol. The van der Waals surface area contributed by atoms with E-state index in [1.165, 1.54) is 10.9 Å². The Kier molecular flexibility index (Phi) is 3.88. The minimum atomic E-state index is -0.807. The number of rotatable bonds is 4. The highest BCUT2D eigenvalue weighted by Gasteiger charge is 2.41. The summed E-state index contributed by atoms with van der Waals surface area (Å²) in [6.45, 7) is 1.90. The molecular weight excluding hydrogens is 300 g/mol. The topological polar surface area (TPSA) is 94.4 Å².